The molecule has 0 N–H and O–H groups in total. The molecule has 0 radical (unpaired) electrons. The lowest BCUT2D eigenvalue weighted by molar-refractivity contribution is 0.0298. The third-order valence-corrected chi connectivity index (χ3v) is 4.21. The van der Waals surface area contributed by atoms with Crippen LogP contribution in [0.5, 0.6) is 5.88 Å². The van der Waals surface area contributed by atoms with E-state index in [4.69, 9.17) is 9.47 Å². The number of pyridine rings is 1. The van der Waals surface area contributed by atoms with Crippen molar-refractivity contribution in [3.05, 3.63) is 48.3 Å². The van der Waals surface area contributed by atoms with E-state index in [1.807, 2.05) is 18.2 Å². The summed E-state index contributed by atoms with van der Waals surface area (Å²) in [5.41, 5.74) is 1.67. The smallest absolute Gasteiger partial charge is 0.274 e. The third kappa shape index (κ3) is 3.49. The predicted molar refractivity (Wildman–Crippen MR) is 95.7 cm³/mol. The van der Waals surface area contributed by atoms with Crippen molar-refractivity contribution in [3.63, 3.8) is 0 Å². The van der Waals surface area contributed by atoms with Gasteiger partial charge in [-0.3, -0.25) is 9.78 Å². The molecule has 0 saturated carbocycles. The molecule has 0 aromatic carbocycles. The summed E-state index contributed by atoms with van der Waals surface area (Å²) >= 11 is 0. The average Bonchev–Trinajstić information content (AvgIpc) is 3.20. The summed E-state index contributed by atoms with van der Waals surface area (Å²) in [5.74, 6) is 0.725. The fraction of sp³-hybridized carbons (Fsp3) is 0.278. The van der Waals surface area contributed by atoms with E-state index in [1.165, 1.54) is 7.11 Å². The highest BCUT2D eigenvalue weighted by Gasteiger charge is 2.24. The van der Waals surface area contributed by atoms with Crippen LogP contribution in [-0.2, 0) is 4.74 Å². The SMILES string of the molecule is COc1ccc(-n2nc(C(=O)N3CCOCC3)cc2-c2ccccn2)nn1. The van der Waals surface area contributed by atoms with Gasteiger partial charge in [0.05, 0.1) is 31.7 Å². The average molecular weight is 366 g/mol. The Bertz CT molecular complexity index is 920. The Hall–Kier alpha value is -3.33. The molecule has 27 heavy (non-hydrogen) atoms. The second-order valence-electron chi connectivity index (χ2n) is 5.88. The second kappa shape index (κ2) is 7.50. The summed E-state index contributed by atoms with van der Waals surface area (Å²) in [6.45, 7) is 2.16. The zero-order valence-electron chi connectivity index (χ0n) is 14.8. The fourth-order valence-corrected chi connectivity index (χ4v) is 2.82. The minimum absolute atomic E-state index is 0.143. The third-order valence-electron chi connectivity index (χ3n) is 4.21. The van der Waals surface area contributed by atoms with Gasteiger partial charge in [0.25, 0.3) is 5.91 Å². The molecule has 0 bridgehead atoms. The molecule has 1 saturated heterocycles. The highest BCUT2D eigenvalue weighted by molar-refractivity contribution is 5.93. The number of ether oxygens (including phenoxy) is 2. The van der Waals surface area contributed by atoms with Gasteiger partial charge in [-0.1, -0.05) is 6.07 Å². The zero-order valence-corrected chi connectivity index (χ0v) is 14.8. The number of carbonyl (C=O) groups is 1. The number of hydrogen-bond donors (Lipinski definition) is 0. The van der Waals surface area contributed by atoms with Gasteiger partial charge in [-0.05, 0) is 24.3 Å². The van der Waals surface area contributed by atoms with Crippen LogP contribution >= 0.6 is 0 Å². The number of methoxy groups -OCH3 is 1. The minimum Gasteiger partial charge on any atom is -0.480 e. The molecule has 4 heterocycles. The standard InChI is InChI=1S/C18H18N6O3/c1-26-17-6-5-16(20-21-17)24-15(13-4-2-3-7-19-13)12-14(22-24)18(25)23-8-10-27-11-9-23/h2-7,12H,8-11H2,1H3. The van der Waals surface area contributed by atoms with E-state index in [-0.39, 0.29) is 5.91 Å². The van der Waals surface area contributed by atoms with E-state index < -0.39 is 0 Å². The monoisotopic (exact) mass is 366 g/mol. The van der Waals surface area contributed by atoms with Gasteiger partial charge in [-0.2, -0.15) is 5.10 Å². The van der Waals surface area contributed by atoms with Crippen molar-refractivity contribution in [1.29, 1.82) is 0 Å². The molecular formula is C18H18N6O3. The molecule has 138 valence electrons. The maximum atomic E-state index is 12.8. The molecule has 9 nitrogen and oxygen atoms in total. The highest BCUT2D eigenvalue weighted by atomic mass is 16.5. The number of nitrogens with zero attached hydrogens (tertiary/aromatic N) is 6. The molecule has 0 aliphatic carbocycles. The summed E-state index contributed by atoms with van der Waals surface area (Å²) in [4.78, 5) is 19.0. The van der Waals surface area contributed by atoms with Gasteiger partial charge in [-0.15, -0.1) is 10.2 Å². The van der Waals surface area contributed by atoms with Gasteiger partial charge in [0, 0.05) is 25.4 Å². The summed E-state index contributed by atoms with van der Waals surface area (Å²) in [6, 6.07) is 10.7. The van der Waals surface area contributed by atoms with E-state index in [9.17, 15) is 4.79 Å². The van der Waals surface area contributed by atoms with Gasteiger partial charge < -0.3 is 14.4 Å². The largest absolute Gasteiger partial charge is 0.480 e. The molecule has 1 amide bonds. The predicted octanol–water partition coefficient (Wildman–Crippen LogP) is 1.21. The van der Waals surface area contributed by atoms with Gasteiger partial charge >= 0.3 is 0 Å². The van der Waals surface area contributed by atoms with E-state index in [0.717, 1.165) is 0 Å². The van der Waals surface area contributed by atoms with Crippen molar-refractivity contribution in [2.24, 2.45) is 0 Å². The summed E-state index contributed by atoms with van der Waals surface area (Å²) in [7, 11) is 1.52. The number of rotatable bonds is 4. The molecule has 0 atom stereocenters. The topological polar surface area (TPSA) is 95.3 Å². The Morgan fingerprint density at radius 2 is 2.00 bits per heavy atom. The molecule has 0 spiro atoms. The number of morpholine rings is 1. The first-order valence-electron chi connectivity index (χ1n) is 8.53. The summed E-state index contributed by atoms with van der Waals surface area (Å²) < 4.78 is 11.9. The quantitative estimate of drug-likeness (QED) is 0.685. The number of amides is 1. The van der Waals surface area contributed by atoms with Gasteiger partial charge in [0.2, 0.25) is 5.88 Å². The molecule has 9 heteroatoms. The maximum Gasteiger partial charge on any atom is 0.274 e. The van der Waals surface area contributed by atoms with Crippen LogP contribution in [0.15, 0.2) is 42.6 Å². The molecule has 3 aromatic rings. The Kier molecular flexibility index (Phi) is 4.75. The van der Waals surface area contributed by atoms with E-state index in [2.05, 4.69) is 20.3 Å². The van der Waals surface area contributed by atoms with Crippen molar-refractivity contribution in [1.82, 2.24) is 29.9 Å². The Morgan fingerprint density at radius 1 is 1.15 bits per heavy atom. The van der Waals surface area contributed by atoms with E-state index in [1.54, 1.807) is 34.0 Å². The zero-order chi connectivity index (χ0) is 18.6. The molecule has 1 fully saturated rings. The van der Waals surface area contributed by atoms with Gasteiger partial charge in [-0.25, -0.2) is 4.68 Å². The molecule has 1 aliphatic rings. The number of carbonyl (C=O) groups excluding carboxylic acids is 1. The summed E-state index contributed by atoms with van der Waals surface area (Å²) in [5, 5.41) is 12.6. The lowest BCUT2D eigenvalue weighted by atomic mass is 10.2. The van der Waals surface area contributed by atoms with Crippen LogP contribution in [0.25, 0.3) is 17.2 Å². The van der Waals surface area contributed by atoms with Crippen molar-refractivity contribution >= 4 is 5.91 Å². The van der Waals surface area contributed by atoms with Gasteiger partial charge in [0.1, 0.15) is 0 Å². The molecule has 4 rings (SSSR count). The van der Waals surface area contributed by atoms with Crippen molar-refractivity contribution < 1.29 is 14.3 Å². The maximum absolute atomic E-state index is 12.8. The van der Waals surface area contributed by atoms with Crippen LogP contribution in [0.1, 0.15) is 10.5 Å². The van der Waals surface area contributed by atoms with E-state index in [0.29, 0.717) is 55.1 Å². The first-order valence-corrected chi connectivity index (χ1v) is 8.53. The number of hydrogen-bond acceptors (Lipinski definition) is 7. The van der Waals surface area contributed by atoms with Crippen LogP contribution in [0.3, 0.4) is 0 Å². The van der Waals surface area contributed by atoms with Crippen molar-refractivity contribution in [2.45, 2.75) is 0 Å². The van der Waals surface area contributed by atoms with Crippen LogP contribution in [0.4, 0.5) is 0 Å². The minimum atomic E-state index is -0.143. The lowest BCUT2D eigenvalue weighted by Gasteiger charge is -2.25. The van der Waals surface area contributed by atoms with Gasteiger partial charge in [0.15, 0.2) is 11.5 Å². The second-order valence-corrected chi connectivity index (χ2v) is 5.88. The molecule has 3 aromatic heterocycles. The normalized spacial score (nSPS) is 14.2. The molecule has 1 aliphatic heterocycles. The number of aromatic nitrogens is 5. The Morgan fingerprint density at radius 3 is 2.67 bits per heavy atom. The summed E-state index contributed by atoms with van der Waals surface area (Å²) in [6.07, 6.45) is 1.69. The van der Waals surface area contributed by atoms with E-state index >= 15 is 0 Å². The van der Waals surface area contributed by atoms with Crippen LogP contribution in [0, 0.1) is 0 Å². The van der Waals surface area contributed by atoms with Crippen molar-refractivity contribution in [3.8, 4) is 23.1 Å². The van der Waals surface area contributed by atoms with Crippen LogP contribution < -0.4 is 4.74 Å². The lowest BCUT2D eigenvalue weighted by Crippen LogP contribution is -2.40. The Labute approximate surface area is 155 Å². The fourth-order valence-electron chi connectivity index (χ4n) is 2.82. The molecule has 0 unspecified atom stereocenters. The van der Waals surface area contributed by atoms with Crippen LogP contribution in [-0.4, -0.2) is 69.2 Å². The molecular weight excluding hydrogens is 348 g/mol. The van der Waals surface area contributed by atoms with Crippen LogP contribution in [0.2, 0.25) is 0 Å². The van der Waals surface area contributed by atoms with Crippen molar-refractivity contribution in [2.75, 3.05) is 33.4 Å². The highest BCUT2D eigenvalue weighted by Crippen LogP contribution is 2.22. The first kappa shape index (κ1) is 17.1. The first-order chi connectivity index (χ1) is 13.3. The Balaban J connectivity index is 1.75.